The van der Waals surface area contributed by atoms with Crippen molar-refractivity contribution in [2.45, 2.75) is 50.7 Å². The molecule has 2 bridgehead atoms. The zero-order chi connectivity index (χ0) is 22.8. The van der Waals surface area contributed by atoms with E-state index in [4.69, 9.17) is 39.0 Å². The minimum atomic E-state index is -0.735. The van der Waals surface area contributed by atoms with Crippen molar-refractivity contribution in [3.05, 3.63) is 42.5 Å². The Kier molecular flexibility index (Phi) is 9.89. The van der Waals surface area contributed by atoms with Crippen LogP contribution in [0.25, 0.3) is 0 Å². The highest BCUT2D eigenvalue weighted by molar-refractivity contribution is 7.80. The number of rotatable bonds is 13. The summed E-state index contributed by atoms with van der Waals surface area (Å²) in [7, 11) is 0. The summed E-state index contributed by atoms with van der Waals surface area (Å²) in [5.74, 6) is 0.966. The maximum Gasteiger partial charge on any atom is 0.303 e. The summed E-state index contributed by atoms with van der Waals surface area (Å²) in [6, 6.07) is 9.58. The summed E-state index contributed by atoms with van der Waals surface area (Å²) in [5.41, 5.74) is 0. The molecule has 1 aromatic rings. The van der Waals surface area contributed by atoms with Crippen molar-refractivity contribution in [3.8, 4) is 5.75 Å². The van der Waals surface area contributed by atoms with Crippen LogP contribution in [0.1, 0.15) is 38.5 Å². The largest absolute Gasteiger partial charge is 0.486 e. The van der Waals surface area contributed by atoms with Crippen LogP contribution < -0.4 is 15.4 Å². The number of para-hydroxylation sites is 1. The Morgan fingerprint density at radius 3 is 2.59 bits per heavy atom. The molecule has 6 nitrogen and oxygen atoms in total. The first-order chi connectivity index (χ1) is 15.5. The summed E-state index contributed by atoms with van der Waals surface area (Å²) < 4.78 is 11.8. The number of thiocarbonyl (C=S) groups is 2. The Balaban J connectivity index is 1.34. The predicted molar refractivity (Wildman–Crippen MR) is 133 cm³/mol. The first-order valence-electron chi connectivity index (χ1n) is 11.3. The average molecular weight is 477 g/mol. The van der Waals surface area contributed by atoms with Crippen molar-refractivity contribution in [3.63, 3.8) is 0 Å². The molecule has 2 heterocycles. The number of hydrogen-bond acceptors (Lipinski definition) is 5. The highest BCUT2D eigenvalue weighted by Crippen LogP contribution is 2.44. The molecule has 0 saturated carbocycles. The van der Waals surface area contributed by atoms with Gasteiger partial charge in [0.1, 0.15) is 17.3 Å². The zero-order valence-electron chi connectivity index (χ0n) is 18.2. The van der Waals surface area contributed by atoms with E-state index in [9.17, 15) is 4.79 Å². The molecule has 1 aromatic carbocycles. The number of unbranched alkanes of at least 4 members (excludes halogenated alkanes) is 1. The molecule has 2 aliphatic rings. The second kappa shape index (κ2) is 12.9. The number of hydrogen-bond donors (Lipinski definition) is 3. The minimum Gasteiger partial charge on any atom is -0.486 e. The topological polar surface area (TPSA) is 79.8 Å². The van der Waals surface area contributed by atoms with Gasteiger partial charge in [-0.2, -0.15) is 0 Å². The van der Waals surface area contributed by atoms with Crippen LogP contribution in [0.15, 0.2) is 42.5 Å². The SMILES string of the molecule is O=C(O)CCC/C=C\C[C@H]1[C@@H](CNC(=S)CNC(=S)COc2ccccc2)[C@H]2CC[C@@H]1O2. The number of nitrogens with one attached hydrogen (secondary N) is 2. The highest BCUT2D eigenvalue weighted by atomic mass is 32.1. The van der Waals surface area contributed by atoms with Crippen LogP contribution in [0.4, 0.5) is 0 Å². The number of aliphatic carboxylic acids is 1. The Bertz CT molecular complexity index is 802. The van der Waals surface area contributed by atoms with Gasteiger partial charge in [-0.05, 0) is 50.2 Å². The van der Waals surface area contributed by atoms with Crippen LogP contribution in [-0.2, 0) is 9.53 Å². The normalized spacial score (nSPS) is 23.9. The molecule has 0 aliphatic carbocycles. The number of fused-ring (bicyclic) bond motifs is 2. The maximum absolute atomic E-state index is 10.6. The van der Waals surface area contributed by atoms with Gasteiger partial charge in [0.25, 0.3) is 0 Å². The van der Waals surface area contributed by atoms with Crippen molar-refractivity contribution in [2.75, 3.05) is 19.7 Å². The molecule has 0 aromatic heterocycles. The molecule has 3 rings (SSSR count). The summed E-state index contributed by atoms with van der Waals surface area (Å²) in [5, 5.41) is 15.3. The number of allylic oxidation sites excluding steroid dienone is 2. The van der Waals surface area contributed by atoms with E-state index in [-0.39, 0.29) is 6.42 Å². The molecule has 32 heavy (non-hydrogen) atoms. The third-order valence-electron chi connectivity index (χ3n) is 6.02. The Morgan fingerprint density at radius 1 is 1.09 bits per heavy atom. The minimum absolute atomic E-state index is 0.224. The second-order valence-electron chi connectivity index (χ2n) is 8.29. The van der Waals surface area contributed by atoms with Gasteiger partial charge in [0.2, 0.25) is 0 Å². The van der Waals surface area contributed by atoms with Gasteiger partial charge in [-0.25, -0.2) is 0 Å². The molecule has 0 unspecified atom stereocenters. The van der Waals surface area contributed by atoms with Crippen LogP contribution in [0, 0.1) is 11.8 Å². The molecule has 2 fully saturated rings. The molecule has 0 radical (unpaired) electrons. The lowest BCUT2D eigenvalue weighted by Gasteiger charge is -2.28. The molecule has 2 saturated heterocycles. The van der Waals surface area contributed by atoms with Crippen LogP contribution in [0.3, 0.4) is 0 Å². The van der Waals surface area contributed by atoms with Crippen LogP contribution in [-0.4, -0.2) is 53.0 Å². The van der Waals surface area contributed by atoms with Gasteiger partial charge in [-0.3, -0.25) is 4.79 Å². The number of ether oxygens (including phenoxy) is 2. The van der Waals surface area contributed by atoms with Crippen LogP contribution in [0.2, 0.25) is 0 Å². The standard InChI is InChI=1S/C24H32N2O4S2/c27-24(28)11-7-2-1-6-10-18-19(21-13-12-20(18)30-21)14-25-22(31)15-26-23(32)16-29-17-8-4-3-5-9-17/h1,3-6,8-9,18-21H,2,7,10-16H2,(H,25,31)(H,26,32)(H,27,28)/b6-1-/t18-,19+,20-,21+/m0/s1. The van der Waals surface area contributed by atoms with E-state index in [0.29, 0.717) is 48.6 Å². The van der Waals surface area contributed by atoms with E-state index >= 15 is 0 Å². The van der Waals surface area contributed by atoms with Crippen molar-refractivity contribution in [1.29, 1.82) is 0 Å². The lowest BCUT2D eigenvalue weighted by Crippen LogP contribution is -2.42. The third kappa shape index (κ3) is 7.83. The molecule has 174 valence electrons. The quantitative estimate of drug-likeness (QED) is 0.225. The van der Waals surface area contributed by atoms with Crippen LogP contribution in [0.5, 0.6) is 5.75 Å². The molecular weight excluding hydrogens is 444 g/mol. The number of carbonyl (C=O) groups is 1. The maximum atomic E-state index is 10.6. The monoisotopic (exact) mass is 476 g/mol. The van der Waals surface area contributed by atoms with E-state index in [1.54, 1.807) is 0 Å². The Hall–Kier alpha value is -2.03. The third-order valence-corrected chi connectivity index (χ3v) is 6.57. The Morgan fingerprint density at radius 2 is 1.84 bits per heavy atom. The summed E-state index contributed by atoms with van der Waals surface area (Å²) in [6.07, 6.45) is 9.83. The molecule has 3 N–H and O–H groups in total. The first kappa shape index (κ1) is 24.6. The smallest absolute Gasteiger partial charge is 0.303 e. The average Bonchev–Trinajstić information content (AvgIpc) is 3.39. The van der Waals surface area contributed by atoms with Crippen molar-refractivity contribution >= 4 is 40.4 Å². The molecular formula is C24H32N2O4S2. The summed E-state index contributed by atoms with van der Waals surface area (Å²) in [4.78, 5) is 11.9. The van der Waals surface area contributed by atoms with E-state index < -0.39 is 5.97 Å². The fourth-order valence-corrected chi connectivity index (χ4v) is 4.70. The lowest BCUT2D eigenvalue weighted by atomic mass is 9.77. The van der Waals surface area contributed by atoms with Gasteiger partial charge in [0.15, 0.2) is 0 Å². The van der Waals surface area contributed by atoms with Crippen LogP contribution >= 0.6 is 24.4 Å². The van der Waals surface area contributed by atoms with E-state index in [0.717, 1.165) is 43.0 Å². The lowest BCUT2D eigenvalue weighted by molar-refractivity contribution is -0.137. The van der Waals surface area contributed by atoms with E-state index in [2.05, 4.69) is 22.8 Å². The summed E-state index contributed by atoms with van der Waals surface area (Å²) in [6.45, 7) is 1.61. The molecule has 0 spiro atoms. The van der Waals surface area contributed by atoms with Crippen molar-refractivity contribution in [2.24, 2.45) is 11.8 Å². The van der Waals surface area contributed by atoms with Gasteiger partial charge < -0.3 is 25.2 Å². The van der Waals surface area contributed by atoms with Gasteiger partial charge in [0.05, 0.1) is 23.7 Å². The number of carboxylic acid groups (broad SMARTS) is 1. The van der Waals surface area contributed by atoms with Gasteiger partial charge in [-0.15, -0.1) is 0 Å². The molecule has 8 heteroatoms. The second-order valence-corrected chi connectivity index (χ2v) is 9.28. The molecule has 0 amide bonds. The fraction of sp³-hybridized carbons (Fsp3) is 0.542. The number of carboxylic acids is 1. The highest BCUT2D eigenvalue weighted by Gasteiger charge is 2.47. The van der Waals surface area contributed by atoms with Crippen molar-refractivity contribution in [1.82, 2.24) is 10.6 Å². The van der Waals surface area contributed by atoms with E-state index in [1.165, 1.54) is 0 Å². The first-order valence-corrected chi connectivity index (χ1v) is 12.1. The van der Waals surface area contributed by atoms with Gasteiger partial charge in [-0.1, -0.05) is 54.8 Å². The summed E-state index contributed by atoms with van der Waals surface area (Å²) >= 11 is 10.8. The van der Waals surface area contributed by atoms with Crippen molar-refractivity contribution < 1.29 is 19.4 Å². The van der Waals surface area contributed by atoms with Gasteiger partial charge in [0, 0.05) is 18.9 Å². The fourth-order valence-electron chi connectivity index (χ4n) is 4.41. The predicted octanol–water partition coefficient (Wildman–Crippen LogP) is 3.89. The zero-order valence-corrected chi connectivity index (χ0v) is 19.8. The number of benzene rings is 1. The Labute approximate surface area is 200 Å². The molecule has 4 atom stereocenters. The molecule has 2 aliphatic heterocycles. The van der Waals surface area contributed by atoms with Gasteiger partial charge >= 0.3 is 5.97 Å². The van der Waals surface area contributed by atoms with E-state index in [1.807, 2.05) is 30.3 Å².